The average Bonchev–Trinajstić information content (AvgIpc) is 2.62. The number of nitro benzene ring substituents is 1. The number of carbonyl (C=O) groups excluding carboxylic acids is 1. The Morgan fingerprint density at radius 1 is 1.04 bits per heavy atom. The Hall–Kier alpha value is -2.89. The SMILES string of the molecule is CCCCCCOc1ccc(C(=O)Oc2cccc([N+](=O)[O-])c2)cc1. The van der Waals surface area contributed by atoms with E-state index in [1.54, 1.807) is 24.3 Å². The van der Waals surface area contributed by atoms with E-state index < -0.39 is 10.9 Å². The Labute approximate surface area is 146 Å². The molecule has 0 N–H and O–H groups in total. The number of non-ortho nitro benzene ring substituents is 1. The quantitative estimate of drug-likeness (QED) is 0.215. The van der Waals surface area contributed by atoms with Crippen LogP contribution in [0.25, 0.3) is 0 Å². The number of unbranched alkanes of at least 4 members (excludes halogenated alkanes) is 3. The lowest BCUT2D eigenvalue weighted by Crippen LogP contribution is -2.08. The van der Waals surface area contributed by atoms with Gasteiger partial charge in [0.15, 0.2) is 0 Å². The van der Waals surface area contributed by atoms with Gasteiger partial charge in [-0.1, -0.05) is 32.3 Å². The van der Waals surface area contributed by atoms with E-state index in [2.05, 4.69) is 6.92 Å². The molecule has 0 bridgehead atoms. The highest BCUT2D eigenvalue weighted by atomic mass is 16.6. The van der Waals surface area contributed by atoms with Gasteiger partial charge in [-0.2, -0.15) is 0 Å². The predicted octanol–water partition coefficient (Wildman–Crippen LogP) is 4.77. The van der Waals surface area contributed by atoms with Gasteiger partial charge in [0.25, 0.3) is 5.69 Å². The molecule has 25 heavy (non-hydrogen) atoms. The van der Waals surface area contributed by atoms with Crippen LogP contribution in [0.5, 0.6) is 11.5 Å². The Morgan fingerprint density at radius 3 is 2.48 bits per heavy atom. The maximum absolute atomic E-state index is 12.1. The van der Waals surface area contributed by atoms with Crippen LogP contribution in [0.3, 0.4) is 0 Å². The molecule has 0 amide bonds. The van der Waals surface area contributed by atoms with E-state index in [1.165, 1.54) is 37.1 Å². The van der Waals surface area contributed by atoms with Crippen molar-refractivity contribution in [3.05, 3.63) is 64.2 Å². The van der Waals surface area contributed by atoms with Crippen molar-refractivity contribution in [2.75, 3.05) is 6.61 Å². The fourth-order valence-corrected chi connectivity index (χ4v) is 2.23. The molecule has 0 aliphatic heterocycles. The van der Waals surface area contributed by atoms with E-state index in [4.69, 9.17) is 9.47 Å². The second-order valence-electron chi connectivity index (χ2n) is 5.58. The number of carbonyl (C=O) groups is 1. The number of hydrogen-bond acceptors (Lipinski definition) is 5. The number of rotatable bonds is 9. The molecule has 2 aromatic rings. The molecule has 0 saturated carbocycles. The van der Waals surface area contributed by atoms with Crippen molar-refractivity contribution < 1.29 is 19.2 Å². The minimum Gasteiger partial charge on any atom is -0.494 e. The van der Waals surface area contributed by atoms with E-state index >= 15 is 0 Å². The van der Waals surface area contributed by atoms with Gasteiger partial charge in [-0.15, -0.1) is 0 Å². The lowest BCUT2D eigenvalue weighted by Gasteiger charge is -2.07. The highest BCUT2D eigenvalue weighted by molar-refractivity contribution is 5.91. The first-order chi connectivity index (χ1) is 12.1. The van der Waals surface area contributed by atoms with Crippen LogP contribution in [0.2, 0.25) is 0 Å². The molecule has 0 heterocycles. The van der Waals surface area contributed by atoms with E-state index in [1.807, 2.05) is 0 Å². The topological polar surface area (TPSA) is 78.7 Å². The monoisotopic (exact) mass is 343 g/mol. The van der Waals surface area contributed by atoms with Gasteiger partial charge in [-0.05, 0) is 36.8 Å². The standard InChI is InChI=1S/C19H21NO5/c1-2-3-4-5-13-24-17-11-9-15(10-12-17)19(21)25-18-8-6-7-16(14-18)20(22)23/h6-12,14H,2-5,13H2,1H3. The summed E-state index contributed by atoms with van der Waals surface area (Å²) in [5, 5.41) is 10.7. The largest absolute Gasteiger partial charge is 0.494 e. The van der Waals surface area contributed by atoms with Gasteiger partial charge in [-0.3, -0.25) is 10.1 Å². The number of benzene rings is 2. The lowest BCUT2D eigenvalue weighted by molar-refractivity contribution is -0.384. The summed E-state index contributed by atoms with van der Waals surface area (Å²) in [4.78, 5) is 22.3. The zero-order valence-electron chi connectivity index (χ0n) is 14.1. The van der Waals surface area contributed by atoms with Crippen LogP contribution < -0.4 is 9.47 Å². The van der Waals surface area contributed by atoms with Crippen LogP contribution in [0.1, 0.15) is 43.0 Å². The smallest absolute Gasteiger partial charge is 0.343 e. The van der Waals surface area contributed by atoms with Crippen LogP contribution in [0, 0.1) is 10.1 Å². The van der Waals surface area contributed by atoms with Crippen molar-refractivity contribution in [2.24, 2.45) is 0 Å². The first-order valence-corrected chi connectivity index (χ1v) is 8.29. The van der Waals surface area contributed by atoms with E-state index in [0.717, 1.165) is 12.8 Å². The molecule has 0 unspecified atom stereocenters. The molecule has 0 spiro atoms. The van der Waals surface area contributed by atoms with Crippen molar-refractivity contribution in [2.45, 2.75) is 32.6 Å². The third-order valence-corrected chi connectivity index (χ3v) is 3.60. The van der Waals surface area contributed by atoms with Gasteiger partial charge < -0.3 is 9.47 Å². The van der Waals surface area contributed by atoms with Gasteiger partial charge in [0.1, 0.15) is 11.5 Å². The normalized spacial score (nSPS) is 10.3. The maximum Gasteiger partial charge on any atom is 0.343 e. The Morgan fingerprint density at radius 2 is 1.80 bits per heavy atom. The molecule has 0 aliphatic carbocycles. The summed E-state index contributed by atoms with van der Waals surface area (Å²) in [6.45, 7) is 2.81. The number of nitro groups is 1. The minimum absolute atomic E-state index is 0.128. The fraction of sp³-hybridized carbons (Fsp3) is 0.316. The first kappa shape index (κ1) is 18.4. The van der Waals surface area contributed by atoms with Gasteiger partial charge in [0, 0.05) is 6.07 Å². The summed E-state index contributed by atoms with van der Waals surface area (Å²) in [5.74, 6) is 0.258. The molecular formula is C19H21NO5. The first-order valence-electron chi connectivity index (χ1n) is 8.29. The summed E-state index contributed by atoms with van der Waals surface area (Å²) in [5.41, 5.74) is 0.224. The fourth-order valence-electron chi connectivity index (χ4n) is 2.23. The van der Waals surface area contributed by atoms with Crippen molar-refractivity contribution >= 4 is 11.7 Å². The third-order valence-electron chi connectivity index (χ3n) is 3.60. The maximum atomic E-state index is 12.1. The van der Waals surface area contributed by atoms with Crippen LogP contribution in [0.4, 0.5) is 5.69 Å². The van der Waals surface area contributed by atoms with E-state index in [-0.39, 0.29) is 11.4 Å². The van der Waals surface area contributed by atoms with Crippen molar-refractivity contribution in [3.63, 3.8) is 0 Å². The Bertz CT molecular complexity index is 712. The molecule has 2 rings (SSSR count). The van der Waals surface area contributed by atoms with Crippen molar-refractivity contribution in [3.8, 4) is 11.5 Å². The molecule has 0 radical (unpaired) electrons. The molecule has 0 atom stereocenters. The zero-order valence-corrected chi connectivity index (χ0v) is 14.1. The molecule has 6 heteroatoms. The molecule has 0 aromatic heterocycles. The summed E-state index contributed by atoms with van der Waals surface area (Å²) >= 11 is 0. The van der Waals surface area contributed by atoms with E-state index in [0.29, 0.717) is 17.9 Å². The highest BCUT2D eigenvalue weighted by Crippen LogP contribution is 2.21. The van der Waals surface area contributed by atoms with E-state index in [9.17, 15) is 14.9 Å². The molecule has 0 saturated heterocycles. The zero-order chi connectivity index (χ0) is 18.1. The van der Waals surface area contributed by atoms with Gasteiger partial charge >= 0.3 is 5.97 Å². The molecular weight excluding hydrogens is 322 g/mol. The number of ether oxygens (including phenoxy) is 2. The predicted molar refractivity (Wildman–Crippen MR) is 94.1 cm³/mol. The summed E-state index contributed by atoms with van der Waals surface area (Å²) in [6.07, 6.45) is 4.53. The second-order valence-corrected chi connectivity index (χ2v) is 5.58. The second kappa shape index (κ2) is 9.42. The van der Waals surface area contributed by atoms with Crippen LogP contribution in [-0.4, -0.2) is 17.5 Å². The van der Waals surface area contributed by atoms with Crippen LogP contribution in [0.15, 0.2) is 48.5 Å². The number of hydrogen-bond donors (Lipinski definition) is 0. The van der Waals surface area contributed by atoms with Crippen LogP contribution >= 0.6 is 0 Å². The Balaban J connectivity index is 1.89. The van der Waals surface area contributed by atoms with Gasteiger partial charge in [-0.25, -0.2) is 4.79 Å². The molecule has 2 aromatic carbocycles. The summed E-state index contributed by atoms with van der Waals surface area (Å²) in [6, 6.07) is 12.2. The van der Waals surface area contributed by atoms with Gasteiger partial charge in [0.05, 0.1) is 23.2 Å². The minimum atomic E-state index is -0.574. The van der Waals surface area contributed by atoms with Crippen molar-refractivity contribution in [1.29, 1.82) is 0 Å². The summed E-state index contributed by atoms with van der Waals surface area (Å²) in [7, 11) is 0. The number of nitrogens with zero attached hydrogens (tertiary/aromatic N) is 1. The third kappa shape index (κ3) is 5.91. The lowest BCUT2D eigenvalue weighted by atomic mass is 10.2. The van der Waals surface area contributed by atoms with Crippen LogP contribution in [-0.2, 0) is 0 Å². The van der Waals surface area contributed by atoms with Gasteiger partial charge in [0.2, 0.25) is 0 Å². The molecule has 0 fully saturated rings. The van der Waals surface area contributed by atoms with Crippen molar-refractivity contribution in [1.82, 2.24) is 0 Å². The number of esters is 1. The molecule has 0 aliphatic rings. The molecule has 6 nitrogen and oxygen atoms in total. The highest BCUT2D eigenvalue weighted by Gasteiger charge is 2.12. The average molecular weight is 343 g/mol. The summed E-state index contributed by atoms with van der Waals surface area (Å²) < 4.78 is 10.8. The molecule has 132 valence electrons. The Kier molecular flexibility index (Phi) is 6.95.